The zero-order valence-corrected chi connectivity index (χ0v) is 16.3. The molecule has 2 N–H and O–H groups in total. The normalized spacial score (nSPS) is 17.6. The van der Waals surface area contributed by atoms with E-state index in [-0.39, 0.29) is 11.5 Å². The lowest BCUT2D eigenvalue weighted by molar-refractivity contribution is 0.0935. The van der Waals surface area contributed by atoms with Gasteiger partial charge >= 0.3 is 0 Å². The standard InChI is InChI=1S/C22H29N3O2/c1-16-14-20(26)24-17(2)21(16)22(27)23-12-11-19-10-6-7-13-25(19)15-18-8-4-3-5-9-18/h3-5,8-9,14,19H,6-7,10-13,15H2,1-2H3,(H,23,27)(H,24,26)/t19-/m0/s1. The summed E-state index contributed by atoms with van der Waals surface area (Å²) >= 11 is 0. The van der Waals surface area contributed by atoms with Crippen LogP contribution in [0.3, 0.4) is 0 Å². The minimum atomic E-state index is -0.166. The number of nitrogens with one attached hydrogen (secondary N) is 2. The fourth-order valence-electron chi connectivity index (χ4n) is 4.05. The third-order valence-electron chi connectivity index (χ3n) is 5.40. The van der Waals surface area contributed by atoms with Gasteiger partial charge in [-0.25, -0.2) is 0 Å². The SMILES string of the molecule is Cc1cc(=O)[nH]c(C)c1C(=O)NCC[C@@H]1CCCCN1Cc1ccccc1. The molecule has 3 rings (SSSR count). The van der Waals surface area contributed by atoms with Crippen molar-refractivity contribution in [2.75, 3.05) is 13.1 Å². The number of benzene rings is 1. The van der Waals surface area contributed by atoms with Crippen molar-refractivity contribution < 1.29 is 4.79 Å². The summed E-state index contributed by atoms with van der Waals surface area (Å²) in [6, 6.07) is 12.5. The van der Waals surface area contributed by atoms with Crippen molar-refractivity contribution in [2.24, 2.45) is 0 Å². The van der Waals surface area contributed by atoms with E-state index in [1.807, 2.05) is 6.07 Å². The largest absolute Gasteiger partial charge is 0.352 e. The van der Waals surface area contributed by atoms with Gasteiger partial charge in [-0.1, -0.05) is 36.8 Å². The predicted octanol–water partition coefficient (Wildman–Crippen LogP) is 3.17. The molecule has 5 heteroatoms. The highest BCUT2D eigenvalue weighted by molar-refractivity contribution is 5.96. The first-order chi connectivity index (χ1) is 13.0. The van der Waals surface area contributed by atoms with Gasteiger partial charge in [-0.05, 0) is 50.8 Å². The minimum absolute atomic E-state index is 0.105. The van der Waals surface area contributed by atoms with Crippen molar-refractivity contribution in [3.05, 3.63) is 69.1 Å². The van der Waals surface area contributed by atoms with E-state index in [1.165, 1.54) is 30.9 Å². The zero-order chi connectivity index (χ0) is 19.2. The number of amides is 1. The molecule has 2 heterocycles. The number of carbonyl (C=O) groups is 1. The van der Waals surface area contributed by atoms with Gasteiger partial charge in [-0.3, -0.25) is 14.5 Å². The number of carbonyl (C=O) groups excluding carboxylic acids is 1. The summed E-state index contributed by atoms with van der Waals surface area (Å²) in [5.74, 6) is -0.105. The Bertz CT molecular complexity index is 803. The molecule has 5 nitrogen and oxygen atoms in total. The Morgan fingerprint density at radius 3 is 2.74 bits per heavy atom. The third kappa shape index (κ3) is 5.07. The van der Waals surface area contributed by atoms with Crippen LogP contribution < -0.4 is 10.9 Å². The lowest BCUT2D eigenvalue weighted by atomic mass is 9.98. The number of pyridine rings is 1. The molecule has 1 amide bonds. The van der Waals surface area contributed by atoms with Gasteiger partial charge in [-0.15, -0.1) is 0 Å². The van der Waals surface area contributed by atoms with E-state index in [1.54, 1.807) is 13.8 Å². The number of piperidine rings is 1. The number of hydrogen-bond acceptors (Lipinski definition) is 3. The molecule has 0 saturated carbocycles. The summed E-state index contributed by atoms with van der Waals surface area (Å²) < 4.78 is 0. The van der Waals surface area contributed by atoms with Crippen LogP contribution in [0.2, 0.25) is 0 Å². The highest BCUT2D eigenvalue weighted by Crippen LogP contribution is 2.21. The second-order valence-corrected chi connectivity index (χ2v) is 7.47. The van der Waals surface area contributed by atoms with Gasteiger partial charge in [0.25, 0.3) is 5.91 Å². The first-order valence-corrected chi connectivity index (χ1v) is 9.81. The van der Waals surface area contributed by atoms with Crippen LogP contribution in [0.15, 0.2) is 41.2 Å². The molecular formula is C22H29N3O2. The van der Waals surface area contributed by atoms with Crippen molar-refractivity contribution in [1.82, 2.24) is 15.2 Å². The van der Waals surface area contributed by atoms with Crippen LogP contribution in [0, 0.1) is 13.8 Å². The van der Waals surface area contributed by atoms with Crippen LogP contribution in [-0.2, 0) is 6.54 Å². The van der Waals surface area contributed by atoms with E-state index in [9.17, 15) is 9.59 Å². The predicted molar refractivity (Wildman–Crippen MR) is 108 cm³/mol. The summed E-state index contributed by atoms with van der Waals surface area (Å²) in [7, 11) is 0. The number of nitrogens with zero attached hydrogens (tertiary/aromatic N) is 1. The highest BCUT2D eigenvalue weighted by Gasteiger charge is 2.22. The van der Waals surface area contributed by atoms with Gasteiger partial charge in [0.1, 0.15) is 0 Å². The lowest BCUT2D eigenvalue weighted by Gasteiger charge is -2.36. The molecule has 1 saturated heterocycles. The van der Waals surface area contributed by atoms with Gasteiger partial charge in [0.15, 0.2) is 0 Å². The molecule has 1 aromatic carbocycles. The molecule has 0 radical (unpaired) electrons. The summed E-state index contributed by atoms with van der Waals surface area (Å²) in [6.45, 7) is 6.31. The smallest absolute Gasteiger partial charge is 0.253 e. The quantitative estimate of drug-likeness (QED) is 0.824. The third-order valence-corrected chi connectivity index (χ3v) is 5.40. The van der Waals surface area contributed by atoms with Crippen molar-refractivity contribution in [2.45, 2.75) is 52.1 Å². The number of rotatable bonds is 6. The van der Waals surface area contributed by atoms with Gasteiger partial charge in [-0.2, -0.15) is 0 Å². The van der Waals surface area contributed by atoms with Gasteiger partial charge in [0, 0.05) is 30.9 Å². The van der Waals surface area contributed by atoms with Crippen molar-refractivity contribution >= 4 is 5.91 Å². The van der Waals surface area contributed by atoms with E-state index >= 15 is 0 Å². The fraction of sp³-hybridized carbons (Fsp3) is 0.455. The Labute approximate surface area is 160 Å². The van der Waals surface area contributed by atoms with E-state index in [0.717, 1.165) is 25.1 Å². The van der Waals surface area contributed by atoms with Crippen molar-refractivity contribution in [3.8, 4) is 0 Å². The molecule has 0 unspecified atom stereocenters. The van der Waals surface area contributed by atoms with E-state index in [0.29, 0.717) is 23.8 Å². The van der Waals surface area contributed by atoms with Crippen molar-refractivity contribution in [1.29, 1.82) is 0 Å². The lowest BCUT2D eigenvalue weighted by Crippen LogP contribution is -2.41. The number of aryl methyl sites for hydroxylation is 2. The Morgan fingerprint density at radius 2 is 2.00 bits per heavy atom. The number of aromatic nitrogens is 1. The average Bonchev–Trinajstić information content (AvgIpc) is 2.63. The molecule has 0 aliphatic carbocycles. The average molecular weight is 367 g/mol. The fourth-order valence-corrected chi connectivity index (χ4v) is 4.05. The second-order valence-electron chi connectivity index (χ2n) is 7.47. The maximum absolute atomic E-state index is 12.6. The van der Waals surface area contributed by atoms with Crippen molar-refractivity contribution in [3.63, 3.8) is 0 Å². The van der Waals surface area contributed by atoms with Crippen LogP contribution >= 0.6 is 0 Å². The summed E-state index contributed by atoms with van der Waals surface area (Å²) in [6.07, 6.45) is 4.62. The molecular weight excluding hydrogens is 338 g/mol. The van der Waals surface area contributed by atoms with Gasteiger partial charge in [0.2, 0.25) is 5.56 Å². The maximum atomic E-state index is 12.6. The molecule has 1 atom stereocenters. The highest BCUT2D eigenvalue weighted by atomic mass is 16.1. The Hall–Kier alpha value is -2.40. The first-order valence-electron chi connectivity index (χ1n) is 9.81. The Kier molecular flexibility index (Phi) is 6.45. The van der Waals surface area contributed by atoms with Crippen LogP contribution in [-0.4, -0.2) is 34.9 Å². The van der Waals surface area contributed by atoms with Crippen LogP contribution in [0.4, 0.5) is 0 Å². The monoisotopic (exact) mass is 367 g/mol. The molecule has 1 aliphatic rings. The van der Waals surface area contributed by atoms with E-state index in [2.05, 4.69) is 39.5 Å². The maximum Gasteiger partial charge on any atom is 0.253 e. The molecule has 0 spiro atoms. The number of likely N-dealkylation sites (tertiary alicyclic amines) is 1. The molecule has 1 aromatic heterocycles. The van der Waals surface area contributed by atoms with Gasteiger partial charge < -0.3 is 10.3 Å². The zero-order valence-electron chi connectivity index (χ0n) is 16.3. The molecule has 2 aromatic rings. The van der Waals surface area contributed by atoms with Crippen LogP contribution in [0.1, 0.15) is 52.9 Å². The van der Waals surface area contributed by atoms with E-state index < -0.39 is 0 Å². The topological polar surface area (TPSA) is 65.2 Å². The molecule has 1 fully saturated rings. The van der Waals surface area contributed by atoms with Crippen LogP contribution in [0.5, 0.6) is 0 Å². The molecule has 1 aliphatic heterocycles. The first kappa shape index (κ1) is 19.4. The molecule has 0 bridgehead atoms. The summed E-state index contributed by atoms with van der Waals surface area (Å²) in [5, 5.41) is 3.04. The second kappa shape index (κ2) is 9.00. The van der Waals surface area contributed by atoms with E-state index in [4.69, 9.17) is 0 Å². The van der Waals surface area contributed by atoms with Gasteiger partial charge in [0.05, 0.1) is 5.56 Å². The summed E-state index contributed by atoms with van der Waals surface area (Å²) in [4.78, 5) is 29.3. The number of aromatic amines is 1. The number of H-pyrrole nitrogens is 1. The Balaban J connectivity index is 1.57. The summed E-state index contributed by atoms with van der Waals surface area (Å²) in [5.41, 5.74) is 3.10. The Morgan fingerprint density at radius 1 is 1.22 bits per heavy atom. The number of hydrogen-bond donors (Lipinski definition) is 2. The van der Waals surface area contributed by atoms with Crippen LogP contribution in [0.25, 0.3) is 0 Å². The molecule has 144 valence electrons. The minimum Gasteiger partial charge on any atom is -0.352 e. The molecule has 27 heavy (non-hydrogen) atoms.